The molecule has 2 aromatic carbocycles. The third-order valence-corrected chi connectivity index (χ3v) is 4.75. The van der Waals surface area contributed by atoms with Crippen molar-refractivity contribution in [3.63, 3.8) is 0 Å². The van der Waals surface area contributed by atoms with Crippen LogP contribution in [0.2, 0.25) is 0 Å². The zero-order valence-electron chi connectivity index (χ0n) is 13.4. The molecule has 0 bridgehead atoms. The molecular formula is C20H16BrN3O. The molecular weight excluding hydrogens is 378 g/mol. The summed E-state index contributed by atoms with van der Waals surface area (Å²) in [4.78, 5) is 19.2. The van der Waals surface area contributed by atoms with Crippen LogP contribution >= 0.6 is 15.9 Å². The quantitative estimate of drug-likeness (QED) is 0.695. The lowest BCUT2D eigenvalue weighted by atomic mass is 10.2. The van der Waals surface area contributed by atoms with Crippen LogP contribution in [0.1, 0.15) is 15.9 Å². The Labute approximate surface area is 154 Å². The number of carbonyl (C=O) groups excluding carboxylic acids is 1. The third kappa shape index (κ3) is 3.28. The molecule has 2 heterocycles. The number of anilines is 3. The van der Waals surface area contributed by atoms with E-state index in [4.69, 9.17) is 0 Å². The Morgan fingerprint density at radius 3 is 2.84 bits per heavy atom. The largest absolute Gasteiger partial charge is 0.326 e. The monoisotopic (exact) mass is 393 g/mol. The number of pyridine rings is 1. The summed E-state index contributed by atoms with van der Waals surface area (Å²) < 4.78 is 0.925. The first-order chi connectivity index (χ1) is 12.2. The van der Waals surface area contributed by atoms with Crippen molar-refractivity contribution in [2.75, 3.05) is 16.8 Å². The lowest BCUT2D eigenvalue weighted by Crippen LogP contribution is -2.17. The molecule has 1 aromatic heterocycles. The van der Waals surface area contributed by atoms with Crippen molar-refractivity contribution in [3.05, 3.63) is 82.5 Å². The molecule has 4 nitrogen and oxygen atoms in total. The molecule has 0 saturated carbocycles. The van der Waals surface area contributed by atoms with Gasteiger partial charge in [-0.1, -0.05) is 40.2 Å². The van der Waals surface area contributed by atoms with E-state index in [2.05, 4.69) is 49.3 Å². The molecule has 0 atom stereocenters. The van der Waals surface area contributed by atoms with Gasteiger partial charge in [-0.3, -0.25) is 4.79 Å². The molecule has 5 heteroatoms. The maximum Gasteiger partial charge on any atom is 0.255 e. The van der Waals surface area contributed by atoms with Crippen molar-refractivity contribution in [2.24, 2.45) is 0 Å². The minimum Gasteiger partial charge on any atom is -0.326 e. The average molecular weight is 394 g/mol. The number of amides is 1. The average Bonchev–Trinajstić information content (AvgIpc) is 3.06. The first-order valence-electron chi connectivity index (χ1n) is 8.09. The van der Waals surface area contributed by atoms with Gasteiger partial charge in [-0.2, -0.15) is 0 Å². The fourth-order valence-electron chi connectivity index (χ4n) is 3.05. The van der Waals surface area contributed by atoms with Crippen molar-refractivity contribution in [2.45, 2.75) is 6.42 Å². The number of carbonyl (C=O) groups is 1. The summed E-state index contributed by atoms with van der Waals surface area (Å²) in [5, 5.41) is 2.92. The Kier molecular flexibility index (Phi) is 4.24. The fraction of sp³-hybridized carbons (Fsp3) is 0.100. The van der Waals surface area contributed by atoms with Gasteiger partial charge in [0.15, 0.2) is 0 Å². The summed E-state index contributed by atoms with van der Waals surface area (Å²) in [5.74, 6) is 0.654. The van der Waals surface area contributed by atoms with Crippen LogP contribution in [0.25, 0.3) is 0 Å². The second kappa shape index (κ2) is 6.69. The highest BCUT2D eigenvalue weighted by molar-refractivity contribution is 9.10. The van der Waals surface area contributed by atoms with Crippen LogP contribution in [-0.4, -0.2) is 17.4 Å². The summed E-state index contributed by atoms with van der Waals surface area (Å²) >= 11 is 3.41. The number of hydrogen-bond donors (Lipinski definition) is 1. The van der Waals surface area contributed by atoms with Gasteiger partial charge in [0.25, 0.3) is 5.91 Å². The van der Waals surface area contributed by atoms with E-state index in [9.17, 15) is 4.79 Å². The normalized spacial score (nSPS) is 12.8. The van der Waals surface area contributed by atoms with Gasteiger partial charge in [0, 0.05) is 34.2 Å². The molecule has 0 radical (unpaired) electrons. The molecule has 25 heavy (non-hydrogen) atoms. The topological polar surface area (TPSA) is 45.2 Å². The summed E-state index contributed by atoms with van der Waals surface area (Å²) in [6.45, 7) is 0.878. The van der Waals surface area contributed by atoms with Gasteiger partial charge >= 0.3 is 0 Å². The van der Waals surface area contributed by atoms with Crippen LogP contribution in [0.4, 0.5) is 17.2 Å². The number of nitrogens with zero attached hydrogens (tertiary/aromatic N) is 2. The Morgan fingerprint density at radius 1 is 1.08 bits per heavy atom. The number of fused-ring (bicyclic) bond motifs is 1. The van der Waals surface area contributed by atoms with Crippen molar-refractivity contribution in [1.82, 2.24) is 4.98 Å². The standard InChI is InChI=1S/C20H16BrN3O/c21-16-5-3-6-17(13-16)23-20(25)15-8-10-22-19(12-15)24-11-9-14-4-1-2-7-18(14)24/h1-8,10,12-13H,9,11H2,(H,23,25). The molecule has 0 spiro atoms. The van der Waals surface area contributed by atoms with Gasteiger partial charge in [-0.25, -0.2) is 4.98 Å². The molecule has 0 aliphatic carbocycles. The Hall–Kier alpha value is -2.66. The first-order valence-corrected chi connectivity index (χ1v) is 8.88. The van der Waals surface area contributed by atoms with E-state index in [0.29, 0.717) is 5.56 Å². The molecule has 0 unspecified atom stereocenters. The fourth-order valence-corrected chi connectivity index (χ4v) is 3.45. The number of nitrogens with one attached hydrogen (secondary N) is 1. The van der Waals surface area contributed by atoms with Gasteiger partial charge < -0.3 is 10.2 Å². The molecule has 1 aliphatic heterocycles. The molecule has 124 valence electrons. The van der Waals surface area contributed by atoms with Crippen LogP contribution < -0.4 is 10.2 Å². The second-order valence-electron chi connectivity index (χ2n) is 5.90. The smallest absolute Gasteiger partial charge is 0.255 e. The summed E-state index contributed by atoms with van der Waals surface area (Å²) in [5.41, 5.74) is 3.83. The highest BCUT2D eigenvalue weighted by Crippen LogP contribution is 2.33. The predicted molar refractivity (Wildman–Crippen MR) is 103 cm³/mol. The number of benzene rings is 2. The maximum absolute atomic E-state index is 12.6. The van der Waals surface area contributed by atoms with Crippen LogP contribution in [0, 0.1) is 0 Å². The van der Waals surface area contributed by atoms with E-state index in [1.54, 1.807) is 12.3 Å². The molecule has 4 rings (SSSR count). The minimum atomic E-state index is -0.144. The third-order valence-electron chi connectivity index (χ3n) is 4.25. The number of hydrogen-bond acceptors (Lipinski definition) is 3. The maximum atomic E-state index is 12.6. The Bertz CT molecular complexity index is 941. The van der Waals surface area contributed by atoms with Gasteiger partial charge in [-0.15, -0.1) is 0 Å². The van der Waals surface area contributed by atoms with Gasteiger partial charge in [0.05, 0.1) is 0 Å². The number of rotatable bonds is 3. The highest BCUT2D eigenvalue weighted by Gasteiger charge is 2.21. The summed E-state index contributed by atoms with van der Waals surface area (Å²) in [7, 11) is 0. The van der Waals surface area contributed by atoms with E-state index >= 15 is 0 Å². The van der Waals surface area contributed by atoms with E-state index in [1.165, 1.54) is 11.3 Å². The Morgan fingerprint density at radius 2 is 1.96 bits per heavy atom. The number of para-hydroxylation sites is 1. The lowest BCUT2D eigenvalue weighted by Gasteiger charge is -2.18. The molecule has 1 N–H and O–H groups in total. The van der Waals surface area contributed by atoms with Crippen LogP contribution in [0.15, 0.2) is 71.3 Å². The Balaban J connectivity index is 1.59. The SMILES string of the molecule is O=C(Nc1cccc(Br)c1)c1ccnc(N2CCc3ccccc32)c1. The molecule has 0 fully saturated rings. The summed E-state index contributed by atoms with van der Waals surface area (Å²) in [6, 6.07) is 19.4. The summed E-state index contributed by atoms with van der Waals surface area (Å²) in [6.07, 6.45) is 2.68. The van der Waals surface area contributed by atoms with E-state index in [0.717, 1.165) is 28.9 Å². The van der Waals surface area contributed by atoms with Gasteiger partial charge in [0.2, 0.25) is 0 Å². The van der Waals surface area contributed by atoms with Crippen molar-refractivity contribution >= 4 is 39.0 Å². The zero-order valence-corrected chi connectivity index (χ0v) is 15.0. The predicted octanol–water partition coefficient (Wildman–Crippen LogP) is 4.79. The number of aromatic nitrogens is 1. The van der Waals surface area contributed by atoms with Crippen molar-refractivity contribution in [3.8, 4) is 0 Å². The highest BCUT2D eigenvalue weighted by atomic mass is 79.9. The van der Waals surface area contributed by atoms with E-state index < -0.39 is 0 Å². The zero-order chi connectivity index (χ0) is 17.2. The molecule has 0 saturated heterocycles. The van der Waals surface area contributed by atoms with Gasteiger partial charge in [0.1, 0.15) is 5.82 Å². The van der Waals surface area contributed by atoms with E-state index in [-0.39, 0.29) is 5.91 Å². The lowest BCUT2D eigenvalue weighted by molar-refractivity contribution is 0.102. The number of halogens is 1. The van der Waals surface area contributed by atoms with Crippen molar-refractivity contribution in [1.29, 1.82) is 0 Å². The molecule has 1 aliphatic rings. The van der Waals surface area contributed by atoms with Crippen LogP contribution in [0.3, 0.4) is 0 Å². The van der Waals surface area contributed by atoms with Crippen LogP contribution in [-0.2, 0) is 6.42 Å². The van der Waals surface area contributed by atoms with E-state index in [1.807, 2.05) is 36.4 Å². The first kappa shape index (κ1) is 15.8. The van der Waals surface area contributed by atoms with Crippen molar-refractivity contribution < 1.29 is 4.79 Å². The second-order valence-corrected chi connectivity index (χ2v) is 6.81. The molecule has 3 aromatic rings. The van der Waals surface area contributed by atoms with Gasteiger partial charge in [-0.05, 0) is 48.4 Å². The molecule has 1 amide bonds. The minimum absolute atomic E-state index is 0.144. The van der Waals surface area contributed by atoms with Crippen LogP contribution in [0.5, 0.6) is 0 Å².